The number of nitrogens with zero attached hydrogens (tertiary/aromatic N) is 4. The molecular weight excluding hydrogens is 478 g/mol. The number of allylic oxidation sites excluding steroid dienone is 1. The molecule has 1 atom stereocenters. The lowest BCUT2D eigenvalue weighted by Gasteiger charge is -2.28. The number of fused-ring (bicyclic) bond motifs is 2. The van der Waals surface area contributed by atoms with Crippen molar-refractivity contribution in [1.29, 1.82) is 0 Å². The van der Waals surface area contributed by atoms with Crippen LogP contribution in [-0.4, -0.2) is 32.3 Å². The van der Waals surface area contributed by atoms with Crippen LogP contribution >= 0.6 is 11.8 Å². The molecule has 0 spiro atoms. The van der Waals surface area contributed by atoms with Gasteiger partial charge in [-0.1, -0.05) is 54.2 Å². The number of carbonyl (C=O) groups is 1. The van der Waals surface area contributed by atoms with Gasteiger partial charge in [0.25, 0.3) is 5.69 Å². The van der Waals surface area contributed by atoms with E-state index in [1.807, 2.05) is 12.1 Å². The first-order valence-corrected chi connectivity index (χ1v) is 12.4. The molecule has 5 rings (SSSR count). The van der Waals surface area contributed by atoms with E-state index >= 15 is 0 Å². The Bertz CT molecular complexity index is 1500. The fourth-order valence-electron chi connectivity index (χ4n) is 4.23. The van der Waals surface area contributed by atoms with Crippen molar-refractivity contribution >= 4 is 40.1 Å². The van der Waals surface area contributed by atoms with Gasteiger partial charge in [-0.25, -0.2) is 9.48 Å². The Hall–Kier alpha value is -4.18. The SMILES string of the molecule is CCOC(=O)C1=C(C)Nc2nc(SCc3ccc4ccccc4c3)nn2[C@@H]1c1ccc([N+](=O)[O-])cc1. The van der Waals surface area contributed by atoms with Crippen molar-refractivity contribution in [2.45, 2.75) is 30.8 Å². The lowest BCUT2D eigenvalue weighted by Crippen LogP contribution is -2.29. The molecule has 1 N–H and O–H groups in total. The van der Waals surface area contributed by atoms with E-state index < -0.39 is 16.9 Å². The number of anilines is 1. The highest BCUT2D eigenvalue weighted by Gasteiger charge is 2.35. The number of nitrogens with one attached hydrogen (secondary N) is 1. The number of thioether (sulfide) groups is 1. The number of non-ortho nitro benzene ring substituents is 1. The van der Waals surface area contributed by atoms with Crippen LogP contribution < -0.4 is 5.32 Å². The quantitative estimate of drug-likeness (QED) is 0.153. The van der Waals surface area contributed by atoms with Gasteiger partial charge in [0.1, 0.15) is 6.04 Å². The third-order valence-corrected chi connectivity index (χ3v) is 6.84. The van der Waals surface area contributed by atoms with Gasteiger partial charge in [0.15, 0.2) is 0 Å². The van der Waals surface area contributed by atoms with E-state index in [1.165, 1.54) is 34.7 Å². The molecule has 182 valence electrons. The molecule has 2 heterocycles. The number of hydrogen-bond acceptors (Lipinski definition) is 8. The van der Waals surface area contributed by atoms with Crippen LogP contribution in [0.2, 0.25) is 0 Å². The summed E-state index contributed by atoms with van der Waals surface area (Å²) in [5.74, 6) is 0.690. The second kappa shape index (κ2) is 9.82. The normalized spacial score (nSPS) is 14.9. The maximum absolute atomic E-state index is 12.9. The van der Waals surface area contributed by atoms with E-state index in [2.05, 4.69) is 40.6 Å². The number of aromatic nitrogens is 3. The minimum Gasteiger partial charge on any atom is -0.463 e. The van der Waals surface area contributed by atoms with E-state index in [4.69, 9.17) is 9.84 Å². The van der Waals surface area contributed by atoms with E-state index in [0.717, 1.165) is 5.56 Å². The third kappa shape index (κ3) is 4.55. The molecule has 0 saturated carbocycles. The molecule has 36 heavy (non-hydrogen) atoms. The Morgan fingerprint density at radius 1 is 1.14 bits per heavy atom. The zero-order valence-electron chi connectivity index (χ0n) is 19.7. The minimum absolute atomic E-state index is 0.0310. The zero-order valence-corrected chi connectivity index (χ0v) is 20.5. The number of rotatable bonds is 7. The summed E-state index contributed by atoms with van der Waals surface area (Å²) in [7, 11) is 0. The van der Waals surface area contributed by atoms with Crippen LogP contribution in [0.4, 0.5) is 11.6 Å². The van der Waals surface area contributed by atoms with Crippen molar-refractivity contribution in [3.05, 3.63) is 99.2 Å². The molecule has 9 nitrogen and oxygen atoms in total. The smallest absolute Gasteiger partial charge is 0.338 e. The maximum atomic E-state index is 12.9. The first-order chi connectivity index (χ1) is 17.4. The molecule has 0 amide bonds. The predicted molar refractivity (Wildman–Crippen MR) is 138 cm³/mol. The largest absolute Gasteiger partial charge is 0.463 e. The average Bonchev–Trinajstić information content (AvgIpc) is 3.29. The van der Waals surface area contributed by atoms with Gasteiger partial charge in [-0.3, -0.25) is 10.1 Å². The highest BCUT2D eigenvalue weighted by atomic mass is 32.2. The molecular formula is C26H23N5O4S. The molecule has 1 aliphatic heterocycles. The average molecular weight is 502 g/mol. The molecule has 0 fully saturated rings. The van der Waals surface area contributed by atoms with Gasteiger partial charge in [0.05, 0.1) is 17.1 Å². The van der Waals surface area contributed by atoms with E-state index in [0.29, 0.717) is 33.7 Å². The molecule has 1 aromatic heterocycles. The van der Waals surface area contributed by atoms with E-state index in [9.17, 15) is 14.9 Å². The van der Waals surface area contributed by atoms with E-state index in [-0.39, 0.29) is 12.3 Å². The molecule has 4 aromatic rings. The van der Waals surface area contributed by atoms with Gasteiger partial charge in [-0.15, -0.1) is 5.10 Å². The number of nitro groups is 1. The first kappa shape index (κ1) is 23.6. The van der Waals surface area contributed by atoms with Crippen LogP contribution in [0, 0.1) is 10.1 Å². The number of carbonyl (C=O) groups excluding carboxylic acids is 1. The summed E-state index contributed by atoms with van der Waals surface area (Å²) in [6.07, 6.45) is 0. The fourth-order valence-corrected chi connectivity index (χ4v) is 5.00. The van der Waals surface area contributed by atoms with Gasteiger partial charge in [0, 0.05) is 23.6 Å². The molecule has 0 aliphatic carbocycles. The van der Waals surface area contributed by atoms with Crippen LogP contribution in [0.3, 0.4) is 0 Å². The van der Waals surface area contributed by atoms with Crippen molar-refractivity contribution in [1.82, 2.24) is 14.8 Å². The molecule has 0 saturated heterocycles. The Morgan fingerprint density at radius 2 is 1.89 bits per heavy atom. The third-order valence-electron chi connectivity index (χ3n) is 5.93. The second-order valence-electron chi connectivity index (χ2n) is 8.27. The number of ether oxygens (including phenoxy) is 1. The van der Waals surface area contributed by atoms with Crippen molar-refractivity contribution in [2.24, 2.45) is 0 Å². The Morgan fingerprint density at radius 3 is 2.61 bits per heavy atom. The number of esters is 1. The summed E-state index contributed by atoms with van der Waals surface area (Å²) >= 11 is 1.49. The molecule has 10 heteroatoms. The molecule has 0 unspecified atom stereocenters. The van der Waals surface area contributed by atoms with Crippen LogP contribution in [0.25, 0.3) is 10.8 Å². The predicted octanol–water partition coefficient (Wildman–Crippen LogP) is 5.48. The highest BCUT2D eigenvalue weighted by Crippen LogP contribution is 2.37. The topological polar surface area (TPSA) is 112 Å². The van der Waals surface area contributed by atoms with Gasteiger partial charge in [0.2, 0.25) is 11.1 Å². The highest BCUT2D eigenvalue weighted by molar-refractivity contribution is 7.98. The molecule has 0 bridgehead atoms. The summed E-state index contributed by atoms with van der Waals surface area (Å²) in [5, 5.41) is 21.9. The number of hydrogen-bond donors (Lipinski definition) is 1. The van der Waals surface area contributed by atoms with Crippen LogP contribution in [0.1, 0.15) is 31.0 Å². The van der Waals surface area contributed by atoms with Gasteiger partial charge in [-0.2, -0.15) is 4.98 Å². The van der Waals surface area contributed by atoms with Crippen LogP contribution in [-0.2, 0) is 15.3 Å². The van der Waals surface area contributed by atoms with Crippen LogP contribution in [0.5, 0.6) is 0 Å². The maximum Gasteiger partial charge on any atom is 0.338 e. The lowest BCUT2D eigenvalue weighted by atomic mass is 9.95. The number of benzene rings is 3. The molecule has 3 aromatic carbocycles. The number of nitro benzene ring substituents is 1. The monoisotopic (exact) mass is 501 g/mol. The Balaban J connectivity index is 1.47. The Kier molecular flexibility index (Phi) is 6.43. The lowest BCUT2D eigenvalue weighted by molar-refractivity contribution is -0.384. The van der Waals surface area contributed by atoms with Crippen molar-refractivity contribution in [3.8, 4) is 0 Å². The van der Waals surface area contributed by atoms with Gasteiger partial charge < -0.3 is 10.1 Å². The molecule has 0 radical (unpaired) electrons. The summed E-state index contributed by atoms with van der Waals surface area (Å²) in [6.45, 7) is 3.75. The van der Waals surface area contributed by atoms with Crippen molar-refractivity contribution < 1.29 is 14.5 Å². The Labute approximate surface area is 211 Å². The summed E-state index contributed by atoms with van der Waals surface area (Å²) in [4.78, 5) is 28.2. The fraction of sp³-hybridized carbons (Fsp3) is 0.192. The van der Waals surface area contributed by atoms with Gasteiger partial charge in [-0.05, 0) is 47.9 Å². The summed E-state index contributed by atoms with van der Waals surface area (Å²) in [5.41, 5.74) is 2.77. The summed E-state index contributed by atoms with van der Waals surface area (Å²) in [6, 6.07) is 20.0. The van der Waals surface area contributed by atoms with Crippen molar-refractivity contribution in [3.63, 3.8) is 0 Å². The second-order valence-corrected chi connectivity index (χ2v) is 9.21. The first-order valence-electron chi connectivity index (χ1n) is 11.4. The van der Waals surface area contributed by atoms with E-state index in [1.54, 1.807) is 30.7 Å². The van der Waals surface area contributed by atoms with Gasteiger partial charge >= 0.3 is 5.97 Å². The standard InChI is InChI=1S/C26H23N5O4S/c1-3-35-24(32)22-16(2)27-25-28-26(36-15-17-8-9-18-6-4-5-7-20(18)14-17)29-30(25)23(22)19-10-12-21(13-11-19)31(33)34/h4-14,23H,3,15H2,1-2H3,(H,27,28,29)/t23-/m1/s1. The zero-order chi connectivity index (χ0) is 25.2. The molecule has 1 aliphatic rings. The van der Waals surface area contributed by atoms with Crippen molar-refractivity contribution in [2.75, 3.05) is 11.9 Å². The summed E-state index contributed by atoms with van der Waals surface area (Å²) < 4.78 is 6.96. The van der Waals surface area contributed by atoms with Crippen LogP contribution in [0.15, 0.2) is 83.2 Å². The minimum atomic E-state index is -0.636.